The van der Waals surface area contributed by atoms with Crippen molar-refractivity contribution in [1.82, 2.24) is 25.0 Å². The van der Waals surface area contributed by atoms with Crippen molar-refractivity contribution < 1.29 is 9.53 Å². The number of amides is 2. The van der Waals surface area contributed by atoms with Crippen LogP contribution in [0.15, 0.2) is 6.33 Å². The maximum Gasteiger partial charge on any atom is 0.317 e. The van der Waals surface area contributed by atoms with Crippen LogP contribution >= 0.6 is 0 Å². The molecule has 7 nitrogen and oxygen atoms in total. The van der Waals surface area contributed by atoms with E-state index in [0.717, 1.165) is 25.4 Å². The van der Waals surface area contributed by atoms with Crippen molar-refractivity contribution in [3.63, 3.8) is 0 Å². The minimum absolute atomic E-state index is 0.0353. The van der Waals surface area contributed by atoms with Gasteiger partial charge in [-0.25, -0.2) is 4.79 Å². The molecule has 0 aliphatic heterocycles. The van der Waals surface area contributed by atoms with Gasteiger partial charge in [0, 0.05) is 31.7 Å². The highest BCUT2D eigenvalue weighted by Crippen LogP contribution is 2.56. The van der Waals surface area contributed by atoms with Gasteiger partial charge in [0.2, 0.25) is 0 Å². The lowest BCUT2D eigenvalue weighted by molar-refractivity contribution is -0.151. The van der Waals surface area contributed by atoms with Crippen LogP contribution < -0.4 is 5.32 Å². The lowest BCUT2D eigenvalue weighted by Gasteiger charge is -2.56. The number of carbonyl (C=O) groups is 1. The van der Waals surface area contributed by atoms with E-state index >= 15 is 0 Å². The summed E-state index contributed by atoms with van der Waals surface area (Å²) in [6, 6.07) is 0.243. The molecule has 2 amide bonds. The third-order valence-electron chi connectivity index (χ3n) is 5.87. The molecular weight excluding hydrogens is 306 g/mol. The first-order valence-electron chi connectivity index (χ1n) is 9.11. The van der Waals surface area contributed by atoms with Crippen LogP contribution in [0.1, 0.15) is 51.8 Å². The molecule has 1 heterocycles. The summed E-state index contributed by atoms with van der Waals surface area (Å²) in [5, 5.41) is 10.9. The number of carbonyl (C=O) groups excluding carboxylic acids is 1. The summed E-state index contributed by atoms with van der Waals surface area (Å²) in [6.45, 7) is 6.05. The van der Waals surface area contributed by atoms with Gasteiger partial charge in [-0.3, -0.25) is 0 Å². The van der Waals surface area contributed by atoms with Gasteiger partial charge in [-0.2, -0.15) is 0 Å². The van der Waals surface area contributed by atoms with Crippen LogP contribution in [0.3, 0.4) is 0 Å². The SMILES string of the molecule is CCOC1CC(N(C)C(=O)NCc2nncn2CC)C12CCCC2. The van der Waals surface area contributed by atoms with E-state index in [-0.39, 0.29) is 17.5 Å². The average molecular weight is 335 g/mol. The summed E-state index contributed by atoms with van der Waals surface area (Å²) >= 11 is 0. The first kappa shape index (κ1) is 17.2. The van der Waals surface area contributed by atoms with Crippen LogP contribution in [0.5, 0.6) is 0 Å². The number of hydrogen-bond donors (Lipinski definition) is 1. The second-order valence-corrected chi connectivity index (χ2v) is 6.94. The minimum Gasteiger partial charge on any atom is -0.378 e. The number of urea groups is 1. The Morgan fingerprint density at radius 2 is 2.21 bits per heavy atom. The molecule has 2 atom stereocenters. The molecule has 1 aromatic heterocycles. The fourth-order valence-corrected chi connectivity index (χ4v) is 4.49. The van der Waals surface area contributed by atoms with Gasteiger partial charge in [0.15, 0.2) is 5.82 Å². The molecule has 3 rings (SSSR count). The number of aromatic nitrogens is 3. The maximum atomic E-state index is 12.6. The summed E-state index contributed by atoms with van der Waals surface area (Å²) < 4.78 is 7.88. The predicted octanol–water partition coefficient (Wildman–Crippen LogP) is 2.18. The Balaban J connectivity index is 1.59. The molecule has 2 aliphatic rings. The van der Waals surface area contributed by atoms with Crippen molar-refractivity contribution in [2.24, 2.45) is 5.41 Å². The molecule has 0 radical (unpaired) electrons. The largest absolute Gasteiger partial charge is 0.378 e. The number of hydrogen-bond acceptors (Lipinski definition) is 4. The van der Waals surface area contributed by atoms with Gasteiger partial charge in [-0.15, -0.1) is 10.2 Å². The molecule has 2 saturated carbocycles. The third kappa shape index (κ3) is 2.90. The first-order chi connectivity index (χ1) is 11.6. The molecule has 2 unspecified atom stereocenters. The second-order valence-electron chi connectivity index (χ2n) is 6.94. The zero-order valence-corrected chi connectivity index (χ0v) is 15.0. The molecule has 1 aromatic rings. The van der Waals surface area contributed by atoms with Gasteiger partial charge in [0.1, 0.15) is 6.33 Å². The van der Waals surface area contributed by atoms with Gasteiger partial charge >= 0.3 is 6.03 Å². The van der Waals surface area contributed by atoms with Gasteiger partial charge in [-0.05, 0) is 33.1 Å². The van der Waals surface area contributed by atoms with Crippen LogP contribution in [-0.2, 0) is 17.8 Å². The van der Waals surface area contributed by atoms with Crippen LogP contribution in [0, 0.1) is 5.41 Å². The van der Waals surface area contributed by atoms with Gasteiger partial charge in [0.25, 0.3) is 0 Å². The third-order valence-corrected chi connectivity index (χ3v) is 5.87. The highest BCUT2D eigenvalue weighted by molar-refractivity contribution is 5.74. The number of rotatable bonds is 6. The second kappa shape index (κ2) is 7.09. The smallest absolute Gasteiger partial charge is 0.317 e. The Labute approximate surface area is 143 Å². The number of nitrogens with one attached hydrogen (secondary N) is 1. The summed E-state index contributed by atoms with van der Waals surface area (Å²) in [4.78, 5) is 14.5. The summed E-state index contributed by atoms with van der Waals surface area (Å²) in [5.74, 6) is 0.788. The number of nitrogens with zero attached hydrogens (tertiary/aromatic N) is 4. The maximum absolute atomic E-state index is 12.6. The molecule has 1 spiro atoms. The quantitative estimate of drug-likeness (QED) is 0.865. The molecular formula is C17H29N5O2. The first-order valence-corrected chi connectivity index (χ1v) is 9.11. The van der Waals surface area contributed by atoms with E-state index in [9.17, 15) is 4.79 Å². The van der Waals surface area contributed by atoms with E-state index in [1.165, 1.54) is 25.7 Å². The van der Waals surface area contributed by atoms with Crippen LogP contribution in [0.4, 0.5) is 4.79 Å². The molecule has 24 heavy (non-hydrogen) atoms. The van der Waals surface area contributed by atoms with Crippen molar-refractivity contribution in [2.75, 3.05) is 13.7 Å². The Hall–Kier alpha value is -1.63. The molecule has 7 heteroatoms. The fourth-order valence-electron chi connectivity index (χ4n) is 4.49. The van der Waals surface area contributed by atoms with Crippen LogP contribution in [-0.4, -0.2) is 51.5 Å². The molecule has 1 N–H and O–H groups in total. The lowest BCUT2D eigenvalue weighted by atomic mass is 9.60. The zero-order chi connectivity index (χ0) is 17.2. The van der Waals surface area contributed by atoms with Gasteiger partial charge in [0.05, 0.1) is 12.6 Å². The van der Waals surface area contributed by atoms with Crippen molar-refractivity contribution in [3.05, 3.63) is 12.2 Å². The monoisotopic (exact) mass is 335 g/mol. The van der Waals surface area contributed by atoms with E-state index in [0.29, 0.717) is 12.6 Å². The lowest BCUT2D eigenvalue weighted by Crippen LogP contribution is -2.65. The van der Waals surface area contributed by atoms with Gasteiger partial charge < -0.3 is 19.5 Å². The molecule has 0 saturated heterocycles. The van der Waals surface area contributed by atoms with Crippen molar-refractivity contribution in [1.29, 1.82) is 0 Å². The number of aryl methyl sites for hydroxylation is 1. The minimum atomic E-state index is -0.0353. The Bertz CT molecular complexity index is 567. The standard InChI is InChI=1S/C17H29N5O2/c1-4-22-12-19-20-15(22)11-18-16(23)21(3)13-10-14(24-5-2)17(13)8-6-7-9-17/h12-14H,4-11H2,1-3H3,(H,18,23). The Kier molecular flexibility index (Phi) is 5.08. The van der Waals surface area contributed by atoms with E-state index in [4.69, 9.17) is 4.74 Å². The normalized spacial score (nSPS) is 24.8. The average Bonchev–Trinajstić information content (AvgIpc) is 3.25. The van der Waals surface area contributed by atoms with E-state index in [1.54, 1.807) is 6.33 Å². The summed E-state index contributed by atoms with van der Waals surface area (Å²) in [6.07, 6.45) is 7.78. The van der Waals surface area contributed by atoms with Crippen molar-refractivity contribution in [2.45, 2.75) is 71.2 Å². The predicted molar refractivity (Wildman–Crippen MR) is 90.4 cm³/mol. The van der Waals surface area contributed by atoms with Gasteiger partial charge in [-0.1, -0.05) is 12.8 Å². The molecule has 2 fully saturated rings. The molecule has 0 aromatic carbocycles. The molecule has 2 aliphatic carbocycles. The summed E-state index contributed by atoms with van der Waals surface area (Å²) in [5.41, 5.74) is 0.172. The number of ether oxygens (including phenoxy) is 1. The summed E-state index contributed by atoms with van der Waals surface area (Å²) in [7, 11) is 1.91. The van der Waals surface area contributed by atoms with Crippen LogP contribution in [0.25, 0.3) is 0 Å². The van der Waals surface area contributed by atoms with E-state index in [1.807, 2.05) is 23.4 Å². The Morgan fingerprint density at radius 1 is 1.46 bits per heavy atom. The van der Waals surface area contributed by atoms with Crippen LogP contribution in [0.2, 0.25) is 0 Å². The molecule has 0 bridgehead atoms. The van der Waals surface area contributed by atoms with Crippen molar-refractivity contribution >= 4 is 6.03 Å². The Morgan fingerprint density at radius 3 is 2.88 bits per heavy atom. The van der Waals surface area contributed by atoms with Crippen molar-refractivity contribution in [3.8, 4) is 0 Å². The van der Waals surface area contributed by atoms with E-state index < -0.39 is 0 Å². The topological polar surface area (TPSA) is 72.3 Å². The molecule has 134 valence electrons. The highest BCUT2D eigenvalue weighted by Gasteiger charge is 2.58. The zero-order valence-electron chi connectivity index (χ0n) is 15.0. The highest BCUT2D eigenvalue weighted by atomic mass is 16.5. The fraction of sp³-hybridized carbons (Fsp3) is 0.824. The van der Waals surface area contributed by atoms with E-state index in [2.05, 4.69) is 22.4 Å².